The zero-order chi connectivity index (χ0) is 15.3. The van der Waals surface area contributed by atoms with Crippen molar-refractivity contribution in [3.63, 3.8) is 0 Å². The van der Waals surface area contributed by atoms with Crippen LogP contribution in [0.2, 0.25) is 0 Å². The van der Waals surface area contributed by atoms with Gasteiger partial charge in [-0.2, -0.15) is 8.42 Å². The maximum atomic E-state index is 12.1. The van der Waals surface area contributed by atoms with Crippen LogP contribution in [-0.2, 0) is 16.6 Å². The Morgan fingerprint density at radius 1 is 1.10 bits per heavy atom. The standard InChI is InChI=1S/C15H17N3O2S/c1-12-7-9-14(10-8-12)21(19,20)18-15(16)17-11-13-5-3-2-4-6-13/h2-10H,11H2,1H3,(H3,16,17,18). The van der Waals surface area contributed by atoms with Crippen LogP contribution in [0.1, 0.15) is 11.1 Å². The fourth-order valence-corrected chi connectivity index (χ4v) is 2.62. The number of hydrogen-bond donors (Lipinski definition) is 2. The molecule has 0 aromatic heterocycles. The minimum absolute atomic E-state index is 0.123. The van der Waals surface area contributed by atoms with E-state index in [0.29, 0.717) is 6.54 Å². The van der Waals surface area contributed by atoms with E-state index in [2.05, 4.69) is 9.71 Å². The number of rotatable bonds is 4. The summed E-state index contributed by atoms with van der Waals surface area (Å²) in [5, 5.41) is 2.78. The van der Waals surface area contributed by atoms with Crippen LogP contribution >= 0.6 is 0 Å². The average molecular weight is 303 g/mol. The lowest BCUT2D eigenvalue weighted by Gasteiger charge is -2.06. The molecule has 0 saturated carbocycles. The van der Waals surface area contributed by atoms with Crippen molar-refractivity contribution in [3.8, 4) is 0 Å². The smallest absolute Gasteiger partial charge is 0.285 e. The molecule has 0 amide bonds. The van der Waals surface area contributed by atoms with Gasteiger partial charge in [-0.1, -0.05) is 48.0 Å². The molecule has 0 radical (unpaired) electrons. The molecular formula is C15H17N3O2S. The van der Waals surface area contributed by atoms with Gasteiger partial charge in [0.15, 0.2) is 0 Å². The third kappa shape index (κ3) is 4.32. The number of benzene rings is 2. The summed E-state index contributed by atoms with van der Waals surface area (Å²) in [6.45, 7) is 2.30. The van der Waals surface area contributed by atoms with Gasteiger partial charge in [-0.15, -0.1) is 4.40 Å². The fraction of sp³-hybridized carbons (Fsp3) is 0.133. The second-order valence-corrected chi connectivity index (χ2v) is 6.21. The average Bonchev–Trinajstić information content (AvgIpc) is 2.46. The molecule has 110 valence electrons. The van der Waals surface area contributed by atoms with Gasteiger partial charge in [-0.05, 0) is 24.6 Å². The van der Waals surface area contributed by atoms with Crippen LogP contribution in [0.15, 0.2) is 63.9 Å². The fourth-order valence-electron chi connectivity index (χ4n) is 1.71. The first kappa shape index (κ1) is 15.1. The molecule has 6 heteroatoms. The second-order valence-electron chi connectivity index (χ2n) is 4.60. The Labute approximate surface area is 124 Å². The molecular weight excluding hydrogens is 286 g/mol. The highest BCUT2D eigenvalue weighted by molar-refractivity contribution is 7.90. The monoisotopic (exact) mass is 303 g/mol. The van der Waals surface area contributed by atoms with Gasteiger partial charge in [0.1, 0.15) is 0 Å². The molecule has 0 unspecified atom stereocenters. The summed E-state index contributed by atoms with van der Waals surface area (Å²) in [4.78, 5) is 0.123. The van der Waals surface area contributed by atoms with Gasteiger partial charge < -0.3 is 11.1 Å². The predicted octanol–water partition coefficient (Wildman–Crippen LogP) is 1.79. The lowest BCUT2D eigenvalue weighted by molar-refractivity contribution is 0.597. The van der Waals surface area contributed by atoms with Crippen LogP contribution in [0.25, 0.3) is 0 Å². The number of guanidine groups is 1. The van der Waals surface area contributed by atoms with Crippen LogP contribution in [-0.4, -0.2) is 14.4 Å². The van der Waals surface area contributed by atoms with Crippen LogP contribution in [0.5, 0.6) is 0 Å². The molecule has 2 aromatic rings. The highest BCUT2D eigenvalue weighted by Gasteiger charge is 2.12. The van der Waals surface area contributed by atoms with E-state index in [1.807, 2.05) is 37.3 Å². The van der Waals surface area contributed by atoms with Crippen molar-refractivity contribution in [1.29, 1.82) is 0 Å². The number of sulfonamides is 1. The molecule has 21 heavy (non-hydrogen) atoms. The van der Waals surface area contributed by atoms with Crippen LogP contribution in [0.3, 0.4) is 0 Å². The molecule has 0 aliphatic heterocycles. The number of nitrogens with zero attached hydrogens (tertiary/aromatic N) is 1. The van der Waals surface area contributed by atoms with Crippen LogP contribution < -0.4 is 11.1 Å². The second kappa shape index (κ2) is 6.41. The Kier molecular flexibility index (Phi) is 4.59. The van der Waals surface area contributed by atoms with Gasteiger partial charge in [0.25, 0.3) is 10.0 Å². The van der Waals surface area contributed by atoms with Gasteiger partial charge >= 0.3 is 0 Å². The van der Waals surface area contributed by atoms with Gasteiger partial charge in [0.05, 0.1) is 4.90 Å². The molecule has 3 N–H and O–H groups in total. The molecule has 0 spiro atoms. The molecule has 0 saturated heterocycles. The van der Waals surface area contributed by atoms with E-state index in [9.17, 15) is 8.42 Å². The first-order valence-corrected chi connectivity index (χ1v) is 7.86. The van der Waals surface area contributed by atoms with E-state index in [-0.39, 0.29) is 10.9 Å². The minimum atomic E-state index is -3.78. The summed E-state index contributed by atoms with van der Waals surface area (Å²) >= 11 is 0. The number of aryl methyl sites for hydroxylation is 1. The minimum Gasteiger partial charge on any atom is -0.369 e. The molecule has 0 heterocycles. The van der Waals surface area contributed by atoms with Crippen LogP contribution in [0, 0.1) is 6.92 Å². The summed E-state index contributed by atoms with van der Waals surface area (Å²) in [6.07, 6.45) is 0. The Morgan fingerprint density at radius 2 is 1.71 bits per heavy atom. The summed E-state index contributed by atoms with van der Waals surface area (Å²) < 4.78 is 27.7. The van der Waals surface area contributed by atoms with E-state index in [1.165, 1.54) is 12.1 Å². The van der Waals surface area contributed by atoms with Crippen molar-refractivity contribution in [2.24, 2.45) is 10.1 Å². The van der Waals surface area contributed by atoms with E-state index < -0.39 is 10.0 Å². The maximum Gasteiger partial charge on any atom is 0.285 e. The van der Waals surface area contributed by atoms with Gasteiger partial charge in [-0.3, -0.25) is 0 Å². The lowest BCUT2D eigenvalue weighted by atomic mass is 10.2. The van der Waals surface area contributed by atoms with Crippen molar-refractivity contribution >= 4 is 16.0 Å². The molecule has 2 rings (SSSR count). The predicted molar refractivity (Wildman–Crippen MR) is 83.3 cm³/mol. The number of nitrogens with one attached hydrogen (secondary N) is 1. The normalized spacial score (nSPS) is 12.1. The van der Waals surface area contributed by atoms with E-state index in [0.717, 1.165) is 11.1 Å². The van der Waals surface area contributed by atoms with E-state index >= 15 is 0 Å². The molecule has 0 aliphatic carbocycles. The largest absolute Gasteiger partial charge is 0.369 e. The summed E-state index contributed by atoms with van der Waals surface area (Å²) in [5.41, 5.74) is 7.60. The topological polar surface area (TPSA) is 84.5 Å². The Balaban J connectivity index is 2.08. The highest BCUT2D eigenvalue weighted by Crippen LogP contribution is 2.12. The Bertz CT molecular complexity index is 723. The van der Waals surface area contributed by atoms with Crippen molar-refractivity contribution in [1.82, 2.24) is 5.32 Å². The third-order valence-corrected chi connectivity index (χ3v) is 4.16. The van der Waals surface area contributed by atoms with Crippen molar-refractivity contribution < 1.29 is 8.42 Å². The molecule has 5 nitrogen and oxygen atoms in total. The summed E-state index contributed by atoms with van der Waals surface area (Å²) in [6, 6.07) is 16.0. The zero-order valence-electron chi connectivity index (χ0n) is 11.7. The van der Waals surface area contributed by atoms with Crippen LogP contribution in [0.4, 0.5) is 0 Å². The molecule has 2 aromatic carbocycles. The van der Waals surface area contributed by atoms with E-state index in [1.54, 1.807) is 12.1 Å². The molecule has 0 fully saturated rings. The molecule has 0 atom stereocenters. The van der Waals surface area contributed by atoms with Gasteiger partial charge in [0.2, 0.25) is 5.96 Å². The first-order valence-electron chi connectivity index (χ1n) is 6.42. The number of nitrogens with two attached hydrogens (primary N) is 1. The maximum absolute atomic E-state index is 12.1. The highest BCUT2D eigenvalue weighted by atomic mass is 32.2. The van der Waals surface area contributed by atoms with Crippen molar-refractivity contribution in [2.45, 2.75) is 18.4 Å². The van der Waals surface area contributed by atoms with Crippen molar-refractivity contribution in [2.75, 3.05) is 0 Å². The van der Waals surface area contributed by atoms with E-state index in [4.69, 9.17) is 5.73 Å². The molecule has 0 aliphatic rings. The Morgan fingerprint density at radius 3 is 2.33 bits per heavy atom. The summed E-state index contributed by atoms with van der Waals surface area (Å²) in [7, 11) is -3.78. The SMILES string of the molecule is Cc1ccc(S(=O)(=O)N=C(N)NCc2ccccc2)cc1. The molecule has 0 bridgehead atoms. The zero-order valence-corrected chi connectivity index (χ0v) is 12.5. The van der Waals surface area contributed by atoms with Crippen molar-refractivity contribution in [3.05, 3.63) is 65.7 Å². The quantitative estimate of drug-likeness (QED) is 0.666. The third-order valence-electron chi connectivity index (χ3n) is 2.85. The summed E-state index contributed by atoms with van der Waals surface area (Å²) in [5.74, 6) is -0.126. The lowest BCUT2D eigenvalue weighted by Crippen LogP contribution is -2.32. The number of hydrogen-bond acceptors (Lipinski definition) is 2. The van der Waals surface area contributed by atoms with Gasteiger partial charge in [-0.25, -0.2) is 0 Å². The van der Waals surface area contributed by atoms with Gasteiger partial charge in [0, 0.05) is 6.54 Å². The first-order chi connectivity index (χ1) is 9.97. The Hall–Kier alpha value is -2.34.